The molecule has 0 radical (unpaired) electrons. The topological polar surface area (TPSA) is 89.6 Å². The number of benzene rings is 3. The first-order chi connectivity index (χ1) is 16.4. The summed E-state index contributed by atoms with van der Waals surface area (Å²) < 4.78 is 0. The maximum atomic E-state index is 13.3. The standard InChI is InChI=1S/C28H28N2O4/c1-4-14-28(15-5-2)25-16-20(18(3)29-32)8-12-23(25)24-13-9-21(17-26(24)28)27(31)19-6-10-22(11-7-19)30(33)34/h6-13,16-18H,4-5,14-15H2,1-3H3. The van der Waals surface area contributed by atoms with Gasteiger partial charge in [0.05, 0.1) is 4.92 Å². The van der Waals surface area contributed by atoms with E-state index >= 15 is 0 Å². The van der Waals surface area contributed by atoms with Crippen molar-refractivity contribution in [2.24, 2.45) is 5.18 Å². The Balaban J connectivity index is 1.84. The van der Waals surface area contributed by atoms with Crippen LogP contribution in [-0.2, 0) is 5.41 Å². The maximum Gasteiger partial charge on any atom is 0.269 e. The molecule has 0 amide bonds. The Bertz CT molecular complexity index is 1260. The summed E-state index contributed by atoms with van der Waals surface area (Å²) in [7, 11) is 0. The lowest BCUT2D eigenvalue weighted by Crippen LogP contribution is -2.25. The van der Waals surface area contributed by atoms with Crippen molar-refractivity contribution in [3.8, 4) is 11.1 Å². The van der Waals surface area contributed by atoms with E-state index in [0.717, 1.165) is 47.9 Å². The van der Waals surface area contributed by atoms with Crippen LogP contribution >= 0.6 is 0 Å². The number of rotatable bonds is 9. The van der Waals surface area contributed by atoms with Gasteiger partial charge in [-0.15, -0.1) is 0 Å². The van der Waals surface area contributed by atoms with Gasteiger partial charge in [-0.05, 0) is 65.8 Å². The minimum absolute atomic E-state index is 0.0410. The molecule has 0 aliphatic heterocycles. The summed E-state index contributed by atoms with van der Waals surface area (Å²) in [4.78, 5) is 35.0. The molecule has 6 nitrogen and oxygen atoms in total. The zero-order valence-electron chi connectivity index (χ0n) is 19.7. The van der Waals surface area contributed by atoms with Crippen LogP contribution in [0.25, 0.3) is 11.1 Å². The molecule has 0 aromatic heterocycles. The molecule has 1 unspecified atom stereocenters. The lowest BCUT2D eigenvalue weighted by atomic mass is 9.71. The predicted octanol–water partition coefficient (Wildman–Crippen LogP) is 7.52. The Morgan fingerprint density at radius 1 is 0.912 bits per heavy atom. The van der Waals surface area contributed by atoms with Gasteiger partial charge in [0.15, 0.2) is 5.78 Å². The molecule has 0 fully saturated rings. The zero-order chi connectivity index (χ0) is 24.5. The van der Waals surface area contributed by atoms with E-state index in [1.807, 2.05) is 24.3 Å². The zero-order valence-corrected chi connectivity index (χ0v) is 19.7. The highest BCUT2D eigenvalue weighted by atomic mass is 16.6. The monoisotopic (exact) mass is 456 g/mol. The van der Waals surface area contributed by atoms with Gasteiger partial charge in [-0.1, -0.05) is 62.2 Å². The van der Waals surface area contributed by atoms with Gasteiger partial charge in [0, 0.05) is 28.7 Å². The minimum Gasteiger partial charge on any atom is -0.289 e. The highest BCUT2D eigenvalue weighted by molar-refractivity contribution is 6.09. The fourth-order valence-corrected chi connectivity index (χ4v) is 5.39. The molecule has 1 aliphatic rings. The lowest BCUT2D eigenvalue weighted by Gasteiger charge is -2.32. The summed E-state index contributed by atoms with van der Waals surface area (Å²) in [6, 6.07) is 17.4. The summed E-state index contributed by atoms with van der Waals surface area (Å²) in [6.45, 7) is 6.14. The van der Waals surface area contributed by atoms with Gasteiger partial charge in [-0.25, -0.2) is 0 Å². The van der Waals surface area contributed by atoms with Gasteiger partial charge in [-0.3, -0.25) is 14.9 Å². The van der Waals surface area contributed by atoms with Crippen molar-refractivity contribution in [2.45, 2.75) is 57.9 Å². The van der Waals surface area contributed by atoms with Crippen molar-refractivity contribution < 1.29 is 9.72 Å². The van der Waals surface area contributed by atoms with Crippen LogP contribution in [-0.4, -0.2) is 10.7 Å². The number of hydrogen-bond acceptors (Lipinski definition) is 5. The van der Waals surface area contributed by atoms with E-state index in [2.05, 4.69) is 31.2 Å². The predicted molar refractivity (Wildman–Crippen MR) is 133 cm³/mol. The highest BCUT2D eigenvalue weighted by Crippen LogP contribution is 2.54. The van der Waals surface area contributed by atoms with Gasteiger partial charge >= 0.3 is 0 Å². The minimum atomic E-state index is -0.472. The van der Waals surface area contributed by atoms with Gasteiger partial charge in [-0.2, -0.15) is 4.91 Å². The molecular formula is C28H28N2O4. The second-order valence-electron chi connectivity index (χ2n) is 9.06. The third-order valence-corrected chi connectivity index (χ3v) is 6.98. The molecule has 1 aliphatic carbocycles. The fraction of sp³-hybridized carbons (Fsp3) is 0.321. The molecular weight excluding hydrogens is 428 g/mol. The molecule has 174 valence electrons. The molecule has 34 heavy (non-hydrogen) atoms. The van der Waals surface area contributed by atoms with Crippen LogP contribution in [0.2, 0.25) is 0 Å². The van der Waals surface area contributed by atoms with E-state index in [0.29, 0.717) is 11.1 Å². The quantitative estimate of drug-likeness (QED) is 0.144. The Labute approximate surface area is 199 Å². The molecule has 0 bridgehead atoms. The number of non-ortho nitro benzene ring substituents is 1. The molecule has 4 rings (SSSR count). The summed E-state index contributed by atoms with van der Waals surface area (Å²) in [5, 5.41) is 14.2. The van der Waals surface area contributed by atoms with Crippen molar-refractivity contribution in [1.82, 2.24) is 0 Å². The first-order valence-corrected chi connectivity index (χ1v) is 11.8. The first-order valence-electron chi connectivity index (χ1n) is 11.8. The number of nitro groups is 1. The number of nitrogens with zero attached hydrogens (tertiary/aromatic N) is 2. The average molecular weight is 457 g/mol. The van der Waals surface area contributed by atoms with Crippen LogP contribution in [0.4, 0.5) is 5.69 Å². The normalized spacial score (nSPS) is 14.2. The molecule has 3 aromatic carbocycles. The number of fused-ring (bicyclic) bond motifs is 3. The van der Waals surface area contributed by atoms with Crippen LogP contribution in [0.1, 0.15) is 85.1 Å². The van der Waals surface area contributed by atoms with Gasteiger partial charge in [0.25, 0.3) is 5.69 Å². The van der Waals surface area contributed by atoms with Gasteiger partial charge < -0.3 is 0 Å². The van der Waals surface area contributed by atoms with Crippen molar-refractivity contribution in [3.63, 3.8) is 0 Å². The van der Waals surface area contributed by atoms with Crippen LogP contribution in [0.15, 0.2) is 65.8 Å². The molecule has 0 saturated heterocycles. The van der Waals surface area contributed by atoms with Crippen molar-refractivity contribution >= 4 is 11.5 Å². The Hall–Kier alpha value is -3.67. The van der Waals surface area contributed by atoms with E-state index in [1.165, 1.54) is 29.8 Å². The number of carbonyl (C=O) groups is 1. The van der Waals surface area contributed by atoms with Gasteiger partial charge in [0.2, 0.25) is 0 Å². The Morgan fingerprint density at radius 3 is 2.03 bits per heavy atom. The second kappa shape index (κ2) is 9.29. The highest BCUT2D eigenvalue weighted by Gasteiger charge is 2.42. The van der Waals surface area contributed by atoms with Crippen molar-refractivity contribution in [2.75, 3.05) is 0 Å². The molecule has 0 heterocycles. The molecule has 1 atom stereocenters. The molecule has 0 saturated carbocycles. The van der Waals surface area contributed by atoms with Crippen LogP contribution in [0, 0.1) is 15.0 Å². The third-order valence-electron chi connectivity index (χ3n) is 6.98. The maximum absolute atomic E-state index is 13.3. The molecule has 0 N–H and O–H groups in total. The lowest BCUT2D eigenvalue weighted by molar-refractivity contribution is -0.384. The average Bonchev–Trinajstić information content (AvgIpc) is 3.12. The molecule has 3 aromatic rings. The molecule has 0 spiro atoms. The van der Waals surface area contributed by atoms with Crippen LogP contribution in [0.5, 0.6) is 0 Å². The van der Waals surface area contributed by atoms with Crippen molar-refractivity contribution in [3.05, 3.63) is 104 Å². The summed E-state index contributed by atoms with van der Waals surface area (Å²) >= 11 is 0. The summed E-state index contributed by atoms with van der Waals surface area (Å²) in [5.41, 5.74) is 6.23. The summed E-state index contributed by atoms with van der Waals surface area (Å²) in [5.74, 6) is -0.157. The van der Waals surface area contributed by atoms with E-state index in [9.17, 15) is 19.8 Å². The SMILES string of the molecule is CCCC1(CCC)c2cc(C(=O)c3ccc([N+](=O)[O-])cc3)ccc2-c2ccc(C(C)N=O)cc21. The Morgan fingerprint density at radius 2 is 1.47 bits per heavy atom. The van der Waals surface area contributed by atoms with Crippen LogP contribution in [0.3, 0.4) is 0 Å². The number of nitroso groups, excluding NO2 is 1. The van der Waals surface area contributed by atoms with E-state index in [-0.39, 0.29) is 16.9 Å². The van der Waals surface area contributed by atoms with E-state index in [4.69, 9.17) is 0 Å². The van der Waals surface area contributed by atoms with Crippen molar-refractivity contribution in [1.29, 1.82) is 0 Å². The Kier molecular flexibility index (Phi) is 6.42. The first kappa shape index (κ1) is 23.5. The number of carbonyl (C=O) groups excluding carboxylic acids is 1. The van der Waals surface area contributed by atoms with E-state index in [1.54, 1.807) is 6.92 Å². The third kappa shape index (κ3) is 3.83. The largest absolute Gasteiger partial charge is 0.289 e. The fourth-order valence-electron chi connectivity index (χ4n) is 5.39. The number of hydrogen-bond donors (Lipinski definition) is 0. The van der Waals surface area contributed by atoms with Gasteiger partial charge in [0.1, 0.15) is 6.04 Å². The number of ketones is 1. The molecule has 6 heteroatoms. The summed E-state index contributed by atoms with van der Waals surface area (Å²) in [6.07, 6.45) is 3.82. The number of nitro benzene ring substituents is 1. The van der Waals surface area contributed by atoms with Crippen LogP contribution < -0.4 is 0 Å². The second-order valence-corrected chi connectivity index (χ2v) is 9.06. The smallest absolute Gasteiger partial charge is 0.269 e. The van der Waals surface area contributed by atoms with E-state index < -0.39 is 11.0 Å².